The van der Waals surface area contributed by atoms with E-state index in [1.54, 1.807) is 14.1 Å². The third-order valence-electron chi connectivity index (χ3n) is 2.75. The Balaban J connectivity index is 2.32. The first-order valence-corrected chi connectivity index (χ1v) is 6.29. The second-order valence-corrected chi connectivity index (χ2v) is 4.48. The van der Waals surface area contributed by atoms with Crippen molar-refractivity contribution in [2.45, 2.75) is 6.92 Å². The molecule has 0 aliphatic rings. The van der Waals surface area contributed by atoms with Crippen molar-refractivity contribution >= 4 is 17.4 Å². The van der Waals surface area contributed by atoms with Gasteiger partial charge in [-0.3, -0.25) is 4.99 Å². The molecule has 0 saturated carbocycles. The first-order valence-electron chi connectivity index (χ1n) is 5.92. The Morgan fingerprint density at radius 1 is 1.26 bits per heavy atom. The maximum atomic E-state index is 6.02. The van der Waals surface area contributed by atoms with E-state index in [2.05, 4.69) is 15.8 Å². The fraction of sp³-hybridized carbons (Fsp3) is 0.214. The van der Waals surface area contributed by atoms with Crippen LogP contribution in [0.25, 0.3) is 11.3 Å². The van der Waals surface area contributed by atoms with Gasteiger partial charge in [-0.05, 0) is 42.8 Å². The van der Waals surface area contributed by atoms with Gasteiger partial charge in [-0.25, -0.2) is 5.43 Å². The van der Waals surface area contributed by atoms with Gasteiger partial charge in [-0.15, -0.1) is 0 Å². The largest absolute Gasteiger partial charge is 0.453 e. The van der Waals surface area contributed by atoms with Crippen LogP contribution in [0.15, 0.2) is 39.7 Å². The van der Waals surface area contributed by atoms with Gasteiger partial charge in [-0.2, -0.15) is 0 Å². The van der Waals surface area contributed by atoms with E-state index < -0.39 is 0 Å². The molecule has 1 aromatic carbocycles. The lowest BCUT2D eigenvalue weighted by Crippen LogP contribution is -2.34. The molecule has 0 bridgehead atoms. The van der Waals surface area contributed by atoms with Crippen LogP contribution in [0.2, 0.25) is 5.02 Å². The average molecular weight is 278 g/mol. The summed E-state index contributed by atoms with van der Waals surface area (Å²) in [7, 11) is 3.48. The van der Waals surface area contributed by atoms with E-state index in [0.29, 0.717) is 11.6 Å². The van der Waals surface area contributed by atoms with Crippen LogP contribution in [0.1, 0.15) is 11.3 Å². The van der Waals surface area contributed by atoms with Gasteiger partial charge in [-0.1, -0.05) is 11.6 Å². The average Bonchev–Trinajstić information content (AvgIpc) is 2.88. The second-order valence-electron chi connectivity index (χ2n) is 4.08. The molecule has 0 spiro atoms. The van der Waals surface area contributed by atoms with Crippen LogP contribution >= 0.6 is 11.6 Å². The molecule has 100 valence electrons. The summed E-state index contributed by atoms with van der Waals surface area (Å²) in [5.41, 5.74) is 7.76. The molecule has 4 nitrogen and oxygen atoms in total. The number of nitrogens with zero attached hydrogens (tertiary/aromatic N) is 1. The molecule has 0 aliphatic carbocycles. The summed E-state index contributed by atoms with van der Waals surface area (Å²) in [6.07, 6.45) is 0. The van der Waals surface area contributed by atoms with E-state index in [1.165, 1.54) is 0 Å². The topological polar surface area (TPSA) is 49.6 Å². The first kappa shape index (κ1) is 13.6. The molecule has 0 fully saturated rings. The molecular weight excluding hydrogens is 262 g/mol. The van der Waals surface area contributed by atoms with Gasteiger partial charge < -0.3 is 9.84 Å². The number of furan rings is 1. The highest BCUT2D eigenvalue weighted by atomic mass is 35.5. The monoisotopic (exact) mass is 277 g/mol. The van der Waals surface area contributed by atoms with Crippen molar-refractivity contribution in [1.82, 2.24) is 10.9 Å². The fourth-order valence-electron chi connectivity index (χ4n) is 1.76. The zero-order chi connectivity index (χ0) is 13.8. The van der Waals surface area contributed by atoms with Crippen LogP contribution in [0.3, 0.4) is 0 Å². The molecule has 2 rings (SSSR count). The van der Waals surface area contributed by atoms with Crippen LogP contribution in [0.5, 0.6) is 0 Å². The molecule has 0 aliphatic heterocycles. The highest BCUT2D eigenvalue weighted by Crippen LogP contribution is 2.26. The first-order chi connectivity index (χ1) is 9.15. The molecule has 2 aromatic rings. The van der Waals surface area contributed by atoms with Gasteiger partial charge in [0.25, 0.3) is 0 Å². The summed E-state index contributed by atoms with van der Waals surface area (Å²) in [5, 5.41) is 0.753. The van der Waals surface area contributed by atoms with E-state index in [-0.39, 0.29) is 0 Å². The lowest BCUT2D eigenvalue weighted by molar-refractivity contribution is 0.564. The molecule has 1 heterocycles. The minimum absolute atomic E-state index is 0.652. The summed E-state index contributed by atoms with van der Waals surface area (Å²) >= 11 is 6.02. The number of aryl methyl sites for hydroxylation is 1. The summed E-state index contributed by atoms with van der Waals surface area (Å²) in [6, 6.07) is 9.60. The van der Waals surface area contributed by atoms with Crippen molar-refractivity contribution in [2.75, 3.05) is 14.1 Å². The summed E-state index contributed by atoms with van der Waals surface area (Å²) in [5.74, 6) is 2.12. The minimum Gasteiger partial charge on any atom is -0.453 e. The number of hydrogen-bond donors (Lipinski definition) is 2. The van der Waals surface area contributed by atoms with Crippen LogP contribution in [0, 0.1) is 6.92 Å². The van der Waals surface area contributed by atoms with Crippen molar-refractivity contribution in [3.63, 3.8) is 0 Å². The molecule has 0 amide bonds. The van der Waals surface area contributed by atoms with Crippen molar-refractivity contribution in [1.29, 1.82) is 0 Å². The molecule has 19 heavy (non-hydrogen) atoms. The quantitative estimate of drug-likeness (QED) is 0.515. The number of halogens is 1. The Hall–Kier alpha value is -1.78. The van der Waals surface area contributed by atoms with Gasteiger partial charge >= 0.3 is 0 Å². The summed E-state index contributed by atoms with van der Waals surface area (Å²) in [6.45, 7) is 1.97. The number of hydrazine groups is 1. The Kier molecular flexibility index (Phi) is 4.24. The SMILES string of the molecule is CN=C(NNC)c1ccc(-c2ccc(Cl)c(C)c2)o1. The highest BCUT2D eigenvalue weighted by Gasteiger charge is 2.10. The predicted octanol–water partition coefficient (Wildman–Crippen LogP) is 3.01. The van der Waals surface area contributed by atoms with Crippen molar-refractivity contribution in [2.24, 2.45) is 4.99 Å². The van der Waals surface area contributed by atoms with Gasteiger partial charge in [0.2, 0.25) is 0 Å². The van der Waals surface area contributed by atoms with E-state index in [9.17, 15) is 0 Å². The van der Waals surface area contributed by atoms with Crippen LogP contribution in [-0.2, 0) is 0 Å². The zero-order valence-corrected chi connectivity index (χ0v) is 11.9. The smallest absolute Gasteiger partial charge is 0.178 e. The van der Waals surface area contributed by atoms with E-state index >= 15 is 0 Å². The molecular formula is C14H16ClN3O. The Morgan fingerprint density at radius 2 is 2.05 bits per heavy atom. The number of benzene rings is 1. The van der Waals surface area contributed by atoms with Gasteiger partial charge in [0.05, 0.1) is 0 Å². The van der Waals surface area contributed by atoms with Crippen LogP contribution in [0.4, 0.5) is 0 Å². The molecule has 1 aromatic heterocycles. The van der Waals surface area contributed by atoms with Gasteiger partial charge in [0, 0.05) is 24.7 Å². The zero-order valence-electron chi connectivity index (χ0n) is 11.1. The van der Waals surface area contributed by atoms with E-state index in [1.807, 2.05) is 37.3 Å². The normalized spacial score (nSPS) is 11.7. The van der Waals surface area contributed by atoms with Crippen LogP contribution in [-0.4, -0.2) is 19.9 Å². The van der Waals surface area contributed by atoms with E-state index in [4.69, 9.17) is 16.0 Å². The van der Waals surface area contributed by atoms with Crippen molar-refractivity contribution in [3.8, 4) is 11.3 Å². The lowest BCUT2D eigenvalue weighted by Gasteiger charge is -2.04. The standard InChI is InChI=1S/C14H16ClN3O/c1-9-8-10(4-5-11(9)15)12-6-7-13(19-12)14(16-2)18-17-3/h4-8,17H,1-3H3,(H,16,18). The Labute approximate surface area is 117 Å². The molecule has 2 N–H and O–H groups in total. The lowest BCUT2D eigenvalue weighted by atomic mass is 10.1. The highest BCUT2D eigenvalue weighted by molar-refractivity contribution is 6.31. The van der Waals surface area contributed by atoms with E-state index in [0.717, 1.165) is 21.9 Å². The van der Waals surface area contributed by atoms with Gasteiger partial charge in [0.15, 0.2) is 11.6 Å². The third-order valence-corrected chi connectivity index (χ3v) is 3.17. The summed E-state index contributed by atoms with van der Waals surface area (Å²) in [4.78, 5) is 4.11. The molecule has 0 atom stereocenters. The summed E-state index contributed by atoms with van der Waals surface area (Å²) < 4.78 is 5.79. The number of nitrogens with one attached hydrogen (secondary N) is 2. The number of aliphatic imine (C=N–C) groups is 1. The maximum absolute atomic E-state index is 6.02. The van der Waals surface area contributed by atoms with Crippen LogP contribution < -0.4 is 10.9 Å². The second kappa shape index (κ2) is 5.91. The number of rotatable bonds is 3. The Morgan fingerprint density at radius 3 is 2.68 bits per heavy atom. The number of hydrogen-bond acceptors (Lipinski definition) is 3. The number of amidine groups is 1. The minimum atomic E-state index is 0.652. The van der Waals surface area contributed by atoms with Crippen molar-refractivity contribution in [3.05, 3.63) is 46.7 Å². The third kappa shape index (κ3) is 2.97. The molecule has 0 saturated heterocycles. The van der Waals surface area contributed by atoms with Gasteiger partial charge in [0.1, 0.15) is 5.76 Å². The molecule has 0 unspecified atom stereocenters. The maximum Gasteiger partial charge on any atom is 0.178 e. The fourth-order valence-corrected chi connectivity index (χ4v) is 1.88. The molecule has 5 heteroatoms. The Bertz CT molecular complexity index is 604. The van der Waals surface area contributed by atoms with Crippen molar-refractivity contribution < 1.29 is 4.42 Å². The molecule has 0 radical (unpaired) electrons. The predicted molar refractivity (Wildman–Crippen MR) is 78.5 cm³/mol.